The van der Waals surface area contributed by atoms with Crippen molar-refractivity contribution in [3.63, 3.8) is 0 Å². The van der Waals surface area contributed by atoms with Crippen LogP contribution in [-0.2, 0) is 25.2 Å². The minimum absolute atomic E-state index is 0.0431. The Hall–Kier alpha value is -2.95. The van der Waals surface area contributed by atoms with E-state index in [1.165, 1.54) is 27.1 Å². The first-order valence-electron chi connectivity index (χ1n) is 9.60. The molecule has 3 rings (SSSR count). The number of nitrogens with zero attached hydrogens (tertiary/aromatic N) is 2. The van der Waals surface area contributed by atoms with E-state index in [1.54, 1.807) is 43.3 Å². The van der Waals surface area contributed by atoms with Crippen LogP contribution in [0.1, 0.15) is 18.1 Å². The molecule has 2 N–H and O–H groups in total. The van der Waals surface area contributed by atoms with E-state index in [2.05, 4.69) is 10.6 Å². The predicted molar refractivity (Wildman–Crippen MR) is 120 cm³/mol. The standard InChI is InChI=1S/C21H23ClN4O5S/c1-13-9-10-14(11-17(13)32(30,31)25(3)4)23-18(27)12-26-19(28)21(2,24-20(26)29)15-7-5-6-8-16(15)22/h5-11H,12H2,1-4H3,(H,23,27)(H,24,29). The highest BCUT2D eigenvalue weighted by molar-refractivity contribution is 7.89. The molecule has 0 saturated carbocycles. The first-order valence-corrected chi connectivity index (χ1v) is 11.4. The molecule has 0 bridgehead atoms. The van der Waals surface area contributed by atoms with Gasteiger partial charge in [0.15, 0.2) is 0 Å². The molecule has 1 aliphatic rings. The van der Waals surface area contributed by atoms with Gasteiger partial charge in [0.05, 0.1) is 4.90 Å². The second-order valence-electron chi connectivity index (χ2n) is 7.74. The van der Waals surface area contributed by atoms with E-state index < -0.39 is 40.0 Å². The Bertz CT molecular complexity index is 1210. The van der Waals surface area contributed by atoms with E-state index in [9.17, 15) is 22.8 Å². The number of aryl methyl sites for hydroxylation is 1. The lowest BCUT2D eigenvalue weighted by Gasteiger charge is -2.23. The van der Waals surface area contributed by atoms with Crippen LogP contribution in [0.3, 0.4) is 0 Å². The van der Waals surface area contributed by atoms with Crippen molar-refractivity contribution < 1.29 is 22.8 Å². The number of nitrogens with one attached hydrogen (secondary N) is 2. The molecule has 1 saturated heterocycles. The van der Waals surface area contributed by atoms with Crippen molar-refractivity contribution in [2.45, 2.75) is 24.3 Å². The molecule has 2 aromatic carbocycles. The van der Waals surface area contributed by atoms with Gasteiger partial charge in [0, 0.05) is 30.4 Å². The normalized spacial score (nSPS) is 18.8. The average Bonchev–Trinajstić information content (AvgIpc) is 2.93. The number of imide groups is 1. The Kier molecular flexibility index (Phi) is 6.32. The van der Waals surface area contributed by atoms with Gasteiger partial charge in [-0.15, -0.1) is 0 Å². The number of benzene rings is 2. The van der Waals surface area contributed by atoms with Crippen molar-refractivity contribution in [3.8, 4) is 0 Å². The van der Waals surface area contributed by atoms with Gasteiger partial charge in [-0.2, -0.15) is 0 Å². The van der Waals surface area contributed by atoms with E-state index >= 15 is 0 Å². The summed E-state index contributed by atoms with van der Waals surface area (Å²) in [6.07, 6.45) is 0. The number of anilines is 1. The average molecular weight is 479 g/mol. The summed E-state index contributed by atoms with van der Waals surface area (Å²) >= 11 is 6.20. The van der Waals surface area contributed by atoms with Gasteiger partial charge in [0.25, 0.3) is 5.91 Å². The van der Waals surface area contributed by atoms with Gasteiger partial charge in [0.2, 0.25) is 15.9 Å². The number of amides is 4. The van der Waals surface area contributed by atoms with Crippen LogP contribution >= 0.6 is 11.6 Å². The number of carbonyl (C=O) groups is 3. The first-order chi connectivity index (χ1) is 14.9. The molecule has 9 nitrogen and oxygen atoms in total. The molecule has 1 heterocycles. The third-order valence-electron chi connectivity index (χ3n) is 5.22. The zero-order valence-corrected chi connectivity index (χ0v) is 19.5. The van der Waals surface area contributed by atoms with Gasteiger partial charge in [-0.1, -0.05) is 35.9 Å². The highest BCUT2D eigenvalue weighted by Crippen LogP contribution is 2.33. The molecule has 1 unspecified atom stereocenters. The maximum atomic E-state index is 13.0. The van der Waals surface area contributed by atoms with Crippen LogP contribution < -0.4 is 10.6 Å². The minimum Gasteiger partial charge on any atom is -0.324 e. The van der Waals surface area contributed by atoms with Gasteiger partial charge in [-0.25, -0.2) is 17.5 Å². The van der Waals surface area contributed by atoms with Gasteiger partial charge < -0.3 is 10.6 Å². The zero-order chi connectivity index (χ0) is 23.8. The van der Waals surface area contributed by atoms with Gasteiger partial charge >= 0.3 is 6.03 Å². The SMILES string of the molecule is Cc1ccc(NC(=O)CN2C(=O)NC(C)(c3ccccc3Cl)C2=O)cc1S(=O)(=O)N(C)C. The summed E-state index contributed by atoms with van der Waals surface area (Å²) in [5, 5.41) is 5.45. The maximum Gasteiger partial charge on any atom is 0.325 e. The largest absolute Gasteiger partial charge is 0.325 e. The molecule has 0 aromatic heterocycles. The van der Waals surface area contributed by atoms with Crippen LogP contribution in [0.25, 0.3) is 0 Å². The van der Waals surface area contributed by atoms with Crippen molar-refractivity contribution in [1.29, 1.82) is 0 Å². The smallest absolute Gasteiger partial charge is 0.324 e. The molecule has 1 fully saturated rings. The fourth-order valence-electron chi connectivity index (χ4n) is 3.39. The number of rotatable bonds is 6. The molecule has 0 radical (unpaired) electrons. The zero-order valence-electron chi connectivity index (χ0n) is 18.0. The van der Waals surface area contributed by atoms with Crippen molar-refractivity contribution in [2.24, 2.45) is 0 Å². The van der Waals surface area contributed by atoms with Crippen molar-refractivity contribution in [2.75, 3.05) is 26.0 Å². The Morgan fingerprint density at radius 3 is 2.47 bits per heavy atom. The van der Waals surface area contributed by atoms with E-state index in [4.69, 9.17) is 11.6 Å². The lowest BCUT2D eigenvalue weighted by molar-refractivity contribution is -0.133. The quantitative estimate of drug-likeness (QED) is 0.618. The summed E-state index contributed by atoms with van der Waals surface area (Å²) in [7, 11) is -0.894. The lowest BCUT2D eigenvalue weighted by Crippen LogP contribution is -2.42. The second kappa shape index (κ2) is 8.53. The summed E-state index contributed by atoms with van der Waals surface area (Å²) in [5.41, 5.74) is -0.254. The first kappa shape index (κ1) is 23.7. The highest BCUT2D eigenvalue weighted by Gasteiger charge is 2.50. The molecular weight excluding hydrogens is 456 g/mol. The molecular formula is C21H23ClN4O5S. The topological polar surface area (TPSA) is 116 Å². The highest BCUT2D eigenvalue weighted by atomic mass is 35.5. The minimum atomic E-state index is -3.72. The molecule has 4 amide bonds. The van der Waals surface area contributed by atoms with Crippen LogP contribution in [0.2, 0.25) is 5.02 Å². The van der Waals surface area contributed by atoms with Gasteiger partial charge in [0.1, 0.15) is 12.1 Å². The Balaban J connectivity index is 1.79. The lowest BCUT2D eigenvalue weighted by atomic mass is 9.92. The van der Waals surface area contributed by atoms with Crippen LogP contribution in [-0.4, -0.2) is 56.1 Å². The van der Waals surface area contributed by atoms with Gasteiger partial charge in [-0.3, -0.25) is 14.5 Å². The fraction of sp³-hybridized carbons (Fsp3) is 0.286. The van der Waals surface area contributed by atoms with E-state index in [0.29, 0.717) is 16.1 Å². The van der Waals surface area contributed by atoms with Crippen molar-refractivity contribution in [1.82, 2.24) is 14.5 Å². The molecule has 170 valence electrons. The summed E-state index contributed by atoms with van der Waals surface area (Å²) in [4.78, 5) is 38.9. The molecule has 0 aliphatic carbocycles. The fourth-order valence-corrected chi connectivity index (χ4v) is 4.86. The Morgan fingerprint density at radius 1 is 1.19 bits per heavy atom. The number of hydrogen-bond donors (Lipinski definition) is 2. The molecule has 0 spiro atoms. The number of urea groups is 1. The molecule has 1 atom stereocenters. The van der Waals surface area contributed by atoms with E-state index in [-0.39, 0.29) is 10.6 Å². The molecule has 11 heteroatoms. The monoisotopic (exact) mass is 478 g/mol. The van der Waals surface area contributed by atoms with Crippen molar-refractivity contribution in [3.05, 3.63) is 58.6 Å². The third-order valence-corrected chi connectivity index (χ3v) is 7.51. The van der Waals surface area contributed by atoms with Crippen molar-refractivity contribution >= 4 is 45.2 Å². The Morgan fingerprint density at radius 2 is 1.84 bits per heavy atom. The second-order valence-corrected chi connectivity index (χ2v) is 10.3. The van der Waals surface area contributed by atoms with Crippen LogP contribution in [0.4, 0.5) is 10.5 Å². The summed E-state index contributed by atoms with van der Waals surface area (Å²) in [6, 6.07) is 10.3. The third kappa shape index (κ3) is 4.21. The van der Waals surface area contributed by atoms with E-state index in [0.717, 1.165) is 9.21 Å². The summed E-state index contributed by atoms with van der Waals surface area (Å²) in [6.45, 7) is 2.61. The Labute approximate surface area is 191 Å². The van der Waals surface area contributed by atoms with Crippen LogP contribution in [0.5, 0.6) is 0 Å². The van der Waals surface area contributed by atoms with E-state index in [1.807, 2.05) is 0 Å². The number of hydrogen-bond acceptors (Lipinski definition) is 5. The number of sulfonamides is 1. The molecule has 2 aromatic rings. The molecule has 1 aliphatic heterocycles. The summed E-state index contributed by atoms with van der Waals surface area (Å²) < 4.78 is 26.0. The van der Waals surface area contributed by atoms with Crippen LogP contribution in [0.15, 0.2) is 47.4 Å². The summed E-state index contributed by atoms with van der Waals surface area (Å²) in [5.74, 6) is -1.28. The van der Waals surface area contributed by atoms with Gasteiger partial charge in [-0.05, 0) is 37.6 Å². The van der Waals surface area contributed by atoms with Crippen LogP contribution in [0, 0.1) is 6.92 Å². The maximum absolute atomic E-state index is 13.0. The molecule has 32 heavy (non-hydrogen) atoms. The number of halogens is 1. The number of carbonyl (C=O) groups excluding carboxylic acids is 3. The predicted octanol–water partition coefficient (Wildman–Crippen LogP) is 2.30.